The maximum atomic E-state index is 13.5. The van der Waals surface area contributed by atoms with Crippen LogP contribution in [0.2, 0.25) is 0 Å². The summed E-state index contributed by atoms with van der Waals surface area (Å²) in [6.07, 6.45) is 0. The first kappa shape index (κ1) is 13.1. The third-order valence-electron chi connectivity index (χ3n) is 2.97. The van der Waals surface area contributed by atoms with E-state index >= 15 is 0 Å². The van der Waals surface area contributed by atoms with E-state index < -0.39 is 0 Å². The Bertz CT molecular complexity index is 597. The molecular formula is C14H14FIN2. The molecule has 0 amide bonds. The van der Waals surface area contributed by atoms with Gasteiger partial charge in [0.1, 0.15) is 5.82 Å². The van der Waals surface area contributed by atoms with Crippen molar-refractivity contribution < 1.29 is 4.39 Å². The van der Waals surface area contributed by atoms with E-state index in [0.29, 0.717) is 14.9 Å². The van der Waals surface area contributed by atoms with Crippen LogP contribution >= 0.6 is 22.6 Å². The van der Waals surface area contributed by atoms with E-state index in [1.165, 1.54) is 11.6 Å². The summed E-state index contributed by atoms with van der Waals surface area (Å²) in [5, 5.41) is 3.18. The molecule has 18 heavy (non-hydrogen) atoms. The van der Waals surface area contributed by atoms with Crippen molar-refractivity contribution in [3.8, 4) is 0 Å². The van der Waals surface area contributed by atoms with E-state index in [1.807, 2.05) is 54.6 Å². The average molecular weight is 356 g/mol. The second-order valence-electron chi connectivity index (χ2n) is 4.23. The van der Waals surface area contributed by atoms with Crippen molar-refractivity contribution in [3.63, 3.8) is 0 Å². The van der Waals surface area contributed by atoms with Gasteiger partial charge in [-0.05, 0) is 59.7 Å². The third-order valence-corrected chi connectivity index (χ3v) is 3.79. The Morgan fingerprint density at radius 3 is 2.61 bits per heavy atom. The van der Waals surface area contributed by atoms with Gasteiger partial charge in [-0.1, -0.05) is 12.1 Å². The Hall–Kier alpha value is -1.30. The monoisotopic (exact) mass is 356 g/mol. The first-order valence-electron chi connectivity index (χ1n) is 5.57. The topological polar surface area (TPSA) is 38.0 Å². The summed E-state index contributed by atoms with van der Waals surface area (Å²) in [4.78, 5) is 0. The summed E-state index contributed by atoms with van der Waals surface area (Å²) in [5.41, 5.74) is 10.3. The number of rotatable bonds is 2. The van der Waals surface area contributed by atoms with Gasteiger partial charge in [0, 0.05) is 11.8 Å². The highest BCUT2D eigenvalue weighted by Crippen LogP contribution is 2.29. The maximum absolute atomic E-state index is 13.5. The van der Waals surface area contributed by atoms with Gasteiger partial charge in [-0.3, -0.25) is 0 Å². The van der Waals surface area contributed by atoms with Crippen molar-refractivity contribution in [2.75, 3.05) is 11.1 Å². The van der Waals surface area contributed by atoms with Gasteiger partial charge in [0.2, 0.25) is 0 Å². The van der Waals surface area contributed by atoms with Crippen LogP contribution < -0.4 is 11.1 Å². The molecule has 2 aromatic rings. The molecule has 2 aromatic carbocycles. The van der Waals surface area contributed by atoms with Crippen LogP contribution in [0.1, 0.15) is 11.1 Å². The summed E-state index contributed by atoms with van der Waals surface area (Å²) >= 11 is 1.93. The van der Waals surface area contributed by atoms with Crippen molar-refractivity contribution in [2.45, 2.75) is 13.8 Å². The van der Waals surface area contributed by atoms with Crippen molar-refractivity contribution >= 4 is 39.7 Å². The number of aryl methyl sites for hydroxylation is 1. The van der Waals surface area contributed by atoms with Crippen LogP contribution in [0.4, 0.5) is 21.5 Å². The number of benzene rings is 2. The van der Waals surface area contributed by atoms with Crippen LogP contribution in [0.3, 0.4) is 0 Å². The van der Waals surface area contributed by atoms with E-state index in [2.05, 4.69) is 5.32 Å². The van der Waals surface area contributed by atoms with E-state index in [-0.39, 0.29) is 5.82 Å². The molecule has 0 radical (unpaired) electrons. The quantitative estimate of drug-likeness (QED) is 0.619. The summed E-state index contributed by atoms with van der Waals surface area (Å²) in [7, 11) is 0. The summed E-state index contributed by atoms with van der Waals surface area (Å²) in [6.45, 7) is 4.06. The SMILES string of the molecule is Cc1cccc(Nc2cc(F)c(I)cc2N)c1C. The van der Waals surface area contributed by atoms with Crippen molar-refractivity contribution in [1.29, 1.82) is 0 Å². The van der Waals surface area contributed by atoms with Gasteiger partial charge in [0.05, 0.1) is 14.9 Å². The zero-order valence-electron chi connectivity index (χ0n) is 10.2. The number of nitrogen functional groups attached to an aromatic ring is 1. The van der Waals surface area contributed by atoms with Gasteiger partial charge in [-0.25, -0.2) is 4.39 Å². The maximum Gasteiger partial charge on any atom is 0.138 e. The Morgan fingerprint density at radius 1 is 1.17 bits per heavy atom. The lowest BCUT2D eigenvalue weighted by molar-refractivity contribution is 0.621. The molecule has 0 heterocycles. The molecule has 0 aliphatic rings. The highest BCUT2D eigenvalue weighted by atomic mass is 127. The fraction of sp³-hybridized carbons (Fsp3) is 0.143. The smallest absolute Gasteiger partial charge is 0.138 e. The molecular weight excluding hydrogens is 342 g/mol. The minimum Gasteiger partial charge on any atom is -0.397 e. The van der Waals surface area contributed by atoms with E-state index in [9.17, 15) is 4.39 Å². The van der Waals surface area contributed by atoms with Gasteiger partial charge in [-0.15, -0.1) is 0 Å². The number of hydrogen-bond donors (Lipinski definition) is 2. The molecule has 0 aliphatic heterocycles. The van der Waals surface area contributed by atoms with Gasteiger partial charge in [0.15, 0.2) is 0 Å². The molecule has 0 saturated heterocycles. The van der Waals surface area contributed by atoms with Crippen LogP contribution in [0, 0.1) is 23.2 Å². The molecule has 2 nitrogen and oxygen atoms in total. The van der Waals surface area contributed by atoms with Crippen LogP contribution in [-0.4, -0.2) is 0 Å². The molecule has 3 N–H and O–H groups in total. The second-order valence-corrected chi connectivity index (χ2v) is 5.39. The minimum atomic E-state index is -0.266. The molecule has 0 saturated carbocycles. The Labute approximate surface area is 120 Å². The Balaban J connectivity index is 2.40. The molecule has 0 aliphatic carbocycles. The van der Waals surface area contributed by atoms with Crippen LogP contribution in [-0.2, 0) is 0 Å². The molecule has 0 aromatic heterocycles. The number of halogens is 2. The number of anilines is 3. The second kappa shape index (κ2) is 5.14. The fourth-order valence-corrected chi connectivity index (χ4v) is 2.19. The van der Waals surface area contributed by atoms with Crippen LogP contribution in [0.15, 0.2) is 30.3 Å². The average Bonchev–Trinajstić information content (AvgIpc) is 2.32. The lowest BCUT2D eigenvalue weighted by Crippen LogP contribution is -2.00. The molecule has 0 unspecified atom stereocenters. The highest BCUT2D eigenvalue weighted by molar-refractivity contribution is 14.1. The van der Waals surface area contributed by atoms with Gasteiger partial charge < -0.3 is 11.1 Å². The number of nitrogens with two attached hydrogens (primary N) is 1. The predicted octanol–water partition coefficient (Wildman–Crippen LogP) is 4.37. The van der Waals surface area contributed by atoms with Gasteiger partial charge >= 0.3 is 0 Å². The van der Waals surface area contributed by atoms with Gasteiger partial charge in [-0.2, -0.15) is 0 Å². The third kappa shape index (κ3) is 2.58. The zero-order valence-corrected chi connectivity index (χ0v) is 12.4. The highest BCUT2D eigenvalue weighted by Gasteiger charge is 2.08. The largest absolute Gasteiger partial charge is 0.397 e. The first-order chi connectivity index (χ1) is 8.49. The van der Waals surface area contributed by atoms with Crippen molar-refractivity contribution in [1.82, 2.24) is 0 Å². The lowest BCUT2D eigenvalue weighted by Gasteiger charge is -2.13. The van der Waals surface area contributed by atoms with Crippen molar-refractivity contribution in [3.05, 3.63) is 50.8 Å². The molecule has 94 valence electrons. The predicted molar refractivity (Wildman–Crippen MR) is 82.7 cm³/mol. The molecule has 4 heteroatoms. The molecule has 0 bridgehead atoms. The fourth-order valence-electron chi connectivity index (χ4n) is 1.70. The summed E-state index contributed by atoms with van der Waals surface area (Å²) in [5.74, 6) is -0.266. The van der Waals surface area contributed by atoms with E-state index in [4.69, 9.17) is 5.73 Å². The normalized spacial score (nSPS) is 10.4. The molecule has 0 atom stereocenters. The lowest BCUT2D eigenvalue weighted by atomic mass is 10.1. The van der Waals surface area contributed by atoms with Crippen LogP contribution in [0.25, 0.3) is 0 Å². The first-order valence-corrected chi connectivity index (χ1v) is 6.64. The van der Waals surface area contributed by atoms with Gasteiger partial charge in [0.25, 0.3) is 0 Å². The van der Waals surface area contributed by atoms with Crippen molar-refractivity contribution in [2.24, 2.45) is 0 Å². The standard InChI is InChI=1S/C14H14FIN2/c1-8-4-3-5-13(9(8)2)18-14-6-10(15)11(16)7-12(14)17/h3-7,18H,17H2,1-2H3. The van der Waals surface area contributed by atoms with Crippen LogP contribution in [0.5, 0.6) is 0 Å². The van der Waals surface area contributed by atoms with E-state index in [1.54, 1.807) is 6.07 Å². The number of hydrogen-bond acceptors (Lipinski definition) is 2. The summed E-state index contributed by atoms with van der Waals surface area (Å²) in [6, 6.07) is 9.02. The Morgan fingerprint density at radius 2 is 1.89 bits per heavy atom. The van der Waals surface area contributed by atoms with E-state index in [0.717, 1.165) is 11.3 Å². The number of nitrogens with one attached hydrogen (secondary N) is 1. The zero-order chi connectivity index (χ0) is 13.3. The minimum absolute atomic E-state index is 0.266. The summed E-state index contributed by atoms with van der Waals surface area (Å²) < 4.78 is 14.1. The molecule has 0 spiro atoms. The molecule has 2 rings (SSSR count). The Kier molecular flexibility index (Phi) is 3.75. The molecule has 0 fully saturated rings.